The first kappa shape index (κ1) is 14.9. The summed E-state index contributed by atoms with van der Waals surface area (Å²) in [7, 11) is 0. The van der Waals surface area contributed by atoms with Gasteiger partial charge < -0.3 is 9.47 Å². The fraction of sp³-hybridized carbons (Fsp3) is 0. The minimum Gasteiger partial charge on any atom is -0.448 e. The first-order valence-electron chi connectivity index (χ1n) is 5.11. The third-order valence-corrected chi connectivity index (χ3v) is 5.56. The van der Waals surface area contributed by atoms with Gasteiger partial charge in [0.25, 0.3) is 0 Å². The lowest BCUT2D eigenvalue weighted by Gasteiger charge is -2.23. The van der Waals surface area contributed by atoms with Gasteiger partial charge in [-0.2, -0.15) is 0 Å². The van der Waals surface area contributed by atoms with Gasteiger partial charge in [0, 0.05) is 16.6 Å². The molecule has 1 aliphatic heterocycles. The molecular weight excluding hydrogens is 433 g/mol. The van der Waals surface area contributed by atoms with Crippen LogP contribution >= 0.6 is 73.9 Å². The van der Waals surface area contributed by atoms with Crippen molar-refractivity contribution in [1.29, 1.82) is 0 Å². The molecule has 0 unspecified atom stereocenters. The predicted octanol–water partition coefficient (Wildman–Crippen LogP) is 7.61. The number of benzene rings is 2. The molecule has 2 aromatic carbocycles. The maximum absolute atomic E-state index is 6.11. The minimum absolute atomic E-state index is 0.104. The second kappa shape index (κ2) is 5.31. The van der Waals surface area contributed by atoms with Crippen LogP contribution in [0.25, 0.3) is 0 Å². The summed E-state index contributed by atoms with van der Waals surface area (Å²) in [5.41, 5.74) is 0. The first-order valence-corrected chi connectivity index (χ1v) is 7.79. The molecule has 0 saturated heterocycles. The third-order valence-electron chi connectivity index (χ3n) is 2.59. The van der Waals surface area contributed by atoms with E-state index >= 15 is 0 Å². The van der Waals surface area contributed by atoms with Gasteiger partial charge >= 0.3 is 0 Å². The van der Waals surface area contributed by atoms with Crippen LogP contribution in [-0.4, -0.2) is 0 Å². The summed E-state index contributed by atoms with van der Waals surface area (Å²) in [5.74, 6) is 1.26. The van der Waals surface area contributed by atoms with Crippen molar-refractivity contribution in [3.05, 3.63) is 41.7 Å². The van der Waals surface area contributed by atoms with E-state index in [1.807, 2.05) is 0 Å². The van der Waals surface area contributed by atoms with E-state index in [1.165, 1.54) is 0 Å². The molecule has 0 spiro atoms. The Bertz CT molecular complexity index is 686. The summed E-state index contributed by atoms with van der Waals surface area (Å²) < 4.78 is 12.0. The standard InChI is InChI=1S/C12H2BrCl5O2/c13-3-1-5-6(2-4(3)14)20-12-10(18)8(16)7(15)9(17)11(12)19-5/h1-2H. The fourth-order valence-corrected chi connectivity index (χ4v) is 3.03. The van der Waals surface area contributed by atoms with E-state index in [2.05, 4.69) is 15.9 Å². The second-order valence-electron chi connectivity index (χ2n) is 3.83. The van der Waals surface area contributed by atoms with Crippen molar-refractivity contribution in [1.82, 2.24) is 0 Å². The highest BCUT2D eigenvalue weighted by molar-refractivity contribution is 9.10. The molecule has 0 saturated carbocycles. The Morgan fingerprint density at radius 3 is 1.65 bits per heavy atom. The minimum atomic E-state index is 0.104. The highest BCUT2D eigenvalue weighted by Gasteiger charge is 2.29. The predicted molar refractivity (Wildman–Crippen MR) is 85.8 cm³/mol. The lowest BCUT2D eigenvalue weighted by Crippen LogP contribution is -2.01. The Balaban J connectivity index is 2.23. The van der Waals surface area contributed by atoms with Crippen molar-refractivity contribution in [2.24, 2.45) is 0 Å². The molecule has 0 radical (unpaired) electrons. The molecule has 104 valence electrons. The van der Waals surface area contributed by atoms with Crippen LogP contribution < -0.4 is 9.47 Å². The van der Waals surface area contributed by atoms with E-state index in [9.17, 15) is 0 Å². The summed E-state index contributed by atoms with van der Waals surface area (Å²) in [6.45, 7) is 0. The van der Waals surface area contributed by atoms with Gasteiger partial charge in [-0.15, -0.1) is 0 Å². The molecule has 0 fully saturated rings. The summed E-state index contributed by atoms with van der Waals surface area (Å²) in [5, 5.41) is 0.941. The Morgan fingerprint density at radius 2 is 1.15 bits per heavy atom. The number of halogens is 6. The van der Waals surface area contributed by atoms with Gasteiger partial charge in [-0.05, 0) is 15.9 Å². The average molecular weight is 435 g/mol. The molecule has 2 aromatic rings. The fourth-order valence-electron chi connectivity index (χ4n) is 1.66. The van der Waals surface area contributed by atoms with Crippen LogP contribution in [0.5, 0.6) is 23.0 Å². The molecule has 2 nitrogen and oxygen atoms in total. The van der Waals surface area contributed by atoms with Gasteiger partial charge in [-0.25, -0.2) is 0 Å². The quantitative estimate of drug-likeness (QED) is 0.267. The molecule has 0 N–H and O–H groups in total. The number of fused-ring (bicyclic) bond motifs is 2. The van der Waals surface area contributed by atoms with Crippen LogP contribution in [0, 0.1) is 0 Å². The van der Waals surface area contributed by atoms with Crippen LogP contribution in [0.15, 0.2) is 16.6 Å². The van der Waals surface area contributed by atoms with Crippen molar-refractivity contribution < 1.29 is 9.47 Å². The summed E-state index contributed by atoms with van der Waals surface area (Å²) in [6, 6.07) is 3.25. The van der Waals surface area contributed by atoms with Crippen LogP contribution in [0.4, 0.5) is 0 Å². The number of rotatable bonds is 0. The molecule has 20 heavy (non-hydrogen) atoms. The average Bonchev–Trinajstić information content (AvgIpc) is 2.43. The highest BCUT2D eigenvalue weighted by Crippen LogP contribution is 2.57. The van der Waals surface area contributed by atoms with E-state index < -0.39 is 0 Å². The molecule has 0 amide bonds. The molecule has 1 aliphatic rings. The smallest absolute Gasteiger partial charge is 0.191 e. The number of ether oxygens (including phenoxy) is 2. The summed E-state index contributed by atoms with van der Waals surface area (Å²) in [6.07, 6.45) is 0. The zero-order valence-electron chi connectivity index (χ0n) is 9.24. The topological polar surface area (TPSA) is 18.5 Å². The van der Waals surface area contributed by atoms with Gasteiger partial charge in [0.2, 0.25) is 0 Å². The zero-order chi connectivity index (χ0) is 14.6. The van der Waals surface area contributed by atoms with E-state index in [0.717, 1.165) is 0 Å². The lowest BCUT2D eigenvalue weighted by molar-refractivity contribution is 0.360. The molecular formula is C12H2BrCl5O2. The number of hydrogen-bond donors (Lipinski definition) is 0. The molecule has 0 aliphatic carbocycles. The molecule has 0 aromatic heterocycles. The van der Waals surface area contributed by atoms with Crippen LogP contribution in [0.2, 0.25) is 25.1 Å². The molecule has 1 heterocycles. The van der Waals surface area contributed by atoms with E-state index in [1.54, 1.807) is 12.1 Å². The van der Waals surface area contributed by atoms with Gasteiger partial charge in [0.1, 0.15) is 10.0 Å². The Morgan fingerprint density at radius 1 is 0.700 bits per heavy atom. The van der Waals surface area contributed by atoms with Crippen LogP contribution in [0.1, 0.15) is 0 Å². The van der Waals surface area contributed by atoms with E-state index in [4.69, 9.17) is 67.5 Å². The zero-order valence-corrected chi connectivity index (χ0v) is 14.6. The molecule has 8 heteroatoms. The monoisotopic (exact) mass is 432 g/mol. The lowest BCUT2D eigenvalue weighted by atomic mass is 10.2. The van der Waals surface area contributed by atoms with Crippen molar-refractivity contribution >= 4 is 73.9 Å². The molecule has 0 atom stereocenters. The van der Waals surface area contributed by atoms with Gasteiger partial charge in [-0.1, -0.05) is 58.0 Å². The summed E-state index contributed by atoms with van der Waals surface area (Å²) >= 11 is 33.5. The Hall–Kier alpha value is -0.0300. The van der Waals surface area contributed by atoms with Crippen LogP contribution in [-0.2, 0) is 0 Å². The maximum Gasteiger partial charge on any atom is 0.191 e. The molecule has 3 rings (SSSR count). The SMILES string of the molecule is Clc1cc2c(cc1Br)Oc1c(Cl)c(Cl)c(Cl)c(Cl)c1O2. The number of hydrogen-bond acceptors (Lipinski definition) is 2. The van der Waals surface area contributed by atoms with E-state index in [0.29, 0.717) is 21.0 Å². The Kier molecular flexibility index (Phi) is 3.95. The van der Waals surface area contributed by atoms with Crippen molar-refractivity contribution in [2.75, 3.05) is 0 Å². The van der Waals surface area contributed by atoms with Gasteiger partial charge in [0.15, 0.2) is 23.0 Å². The van der Waals surface area contributed by atoms with Gasteiger partial charge in [-0.3, -0.25) is 0 Å². The first-order chi connectivity index (χ1) is 9.40. The van der Waals surface area contributed by atoms with Crippen molar-refractivity contribution in [3.8, 4) is 23.0 Å². The Labute approximate surface area is 147 Å². The third kappa shape index (κ3) is 2.25. The van der Waals surface area contributed by atoms with Gasteiger partial charge in [0.05, 0.1) is 15.1 Å². The maximum atomic E-state index is 6.11. The largest absolute Gasteiger partial charge is 0.448 e. The second-order valence-corrected chi connectivity index (χ2v) is 6.60. The van der Waals surface area contributed by atoms with Crippen molar-refractivity contribution in [3.63, 3.8) is 0 Å². The molecule has 0 bridgehead atoms. The van der Waals surface area contributed by atoms with E-state index in [-0.39, 0.29) is 31.6 Å². The normalized spacial score (nSPS) is 12.3. The van der Waals surface area contributed by atoms with Crippen LogP contribution in [0.3, 0.4) is 0 Å². The summed E-state index contributed by atoms with van der Waals surface area (Å²) in [4.78, 5) is 0. The highest BCUT2D eigenvalue weighted by atomic mass is 79.9. The van der Waals surface area contributed by atoms with Crippen molar-refractivity contribution in [2.45, 2.75) is 0 Å².